The van der Waals surface area contributed by atoms with Gasteiger partial charge < -0.3 is 5.73 Å². The van der Waals surface area contributed by atoms with Gasteiger partial charge in [0.15, 0.2) is 0 Å². The molecule has 116 valence electrons. The summed E-state index contributed by atoms with van der Waals surface area (Å²) in [6.07, 6.45) is 6.41. The van der Waals surface area contributed by atoms with Gasteiger partial charge in [-0.3, -0.25) is 4.90 Å². The van der Waals surface area contributed by atoms with Gasteiger partial charge in [-0.05, 0) is 56.4 Å². The Labute approximate surface area is 133 Å². The van der Waals surface area contributed by atoms with E-state index in [0.717, 1.165) is 18.5 Å². The number of benzene rings is 1. The van der Waals surface area contributed by atoms with E-state index in [4.69, 9.17) is 5.73 Å². The largest absolute Gasteiger partial charge is 0.329 e. The average Bonchev–Trinajstić information content (AvgIpc) is 3.09. The molecule has 2 fully saturated rings. The SMILES string of the molecule is CN(C1CCSC1)C1(CN)CCC(c2ccccc2)CC1. The van der Waals surface area contributed by atoms with E-state index in [1.807, 2.05) is 0 Å². The smallest absolute Gasteiger partial charge is 0.0332 e. The van der Waals surface area contributed by atoms with E-state index in [2.05, 4.69) is 54.0 Å². The molecule has 1 aromatic carbocycles. The zero-order valence-electron chi connectivity index (χ0n) is 13.1. The third-order valence-corrected chi connectivity index (χ3v) is 6.91. The first-order chi connectivity index (χ1) is 10.2. The van der Waals surface area contributed by atoms with Crippen LogP contribution in [0.5, 0.6) is 0 Å². The van der Waals surface area contributed by atoms with Crippen molar-refractivity contribution in [2.75, 3.05) is 25.1 Å². The number of nitrogens with zero attached hydrogens (tertiary/aromatic N) is 1. The summed E-state index contributed by atoms with van der Waals surface area (Å²) < 4.78 is 0. The second kappa shape index (κ2) is 6.72. The maximum Gasteiger partial charge on any atom is 0.0332 e. The molecule has 2 aliphatic rings. The predicted molar refractivity (Wildman–Crippen MR) is 92.9 cm³/mol. The maximum atomic E-state index is 6.24. The summed E-state index contributed by atoms with van der Waals surface area (Å²) in [5.41, 5.74) is 8.01. The van der Waals surface area contributed by atoms with Crippen LogP contribution in [0.2, 0.25) is 0 Å². The quantitative estimate of drug-likeness (QED) is 0.923. The molecule has 2 nitrogen and oxygen atoms in total. The zero-order chi connectivity index (χ0) is 14.7. The Morgan fingerprint density at radius 2 is 1.90 bits per heavy atom. The molecule has 3 heteroatoms. The van der Waals surface area contributed by atoms with Crippen LogP contribution < -0.4 is 5.73 Å². The molecule has 1 heterocycles. The van der Waals surface area contributed by atoms with Crippen molar-refractivity contribution in [3.63, 3.8) is 0 Å². The molecular formula is C18H28N2S. The van der Waals surface area contributed by atoms with Crippen LogP contribution in [0, 0.1) is 0 Å². The summed E-state index contributed by atoms with van der Waals surface area (Å²) in [5, 5.41) is 0. The molecular weight excluding hydrogens is 276 g/mol. The normalized spacial score (nSPS) is 33.5. The van der Waals surface area contributed by atoms with Crippen molar-refractivity contribution < 1.29 is 0 Å². The van der Waals surface area contributed by atoms with Crippen molar-refractivity contribution in [2.45, 2.75) is 49.6 Å². The first-order valence-electron chi connectivity index (χ1n) is 8.31. The number of likely N-dealkylation sites (N-methyl/N-ethyl adjacent to an activating group) is 1. The second-order valence-corrected chi connectivity index (χ2v) is 7.89. The Kier molecular flexibility index (Phi) is 4.92. The van der Waals surface area contributed by atoms with E-state index >= 15 is 0 Å². The average molecular weight is 305 g/mol. The van der Waals surface area contributed by atoms with Gasteiger partial charge in [0.1, 0.15) is 0 Å². The summed E-state index contributed by atoms with van der Waals surface area (Å²) in [6.45, 7) is 0.812. The Bertz CT molecular complexity index is 434. The fourth-order valence-corrected chi connectivity index (χ4v) is 5.40. The summed E-state index contributed by atoms with van der Waals surface area (Å²) in [5.74, 6) is 3.35. The molecule has 0 bridgehead atoms. The van der Waals surface area contributed by atoms with Crippen molar-refractivity contribution >= 4 is 11.8 Å². The lowest BCUT2D eigenvalue weighted by Gasteiger charge is -2.48. The van der Waals surface area contributed by atoms with Crippen molar-refractivity contribution in [2.24, 2.45) is 5.73 Å². The van der Waals surface area contributed by atoms with Crippen LogP contribution in [0.3, 0.4) is 0 Å². The molecule has 0 amide bonds. The molecule has 1 saturated heterocycles. The zero-order valence-corrected chi connectivity index (χ0v) is 13.9. The summed E-state index contributed by atoms with van der Waals surface area (Å²) >= 11 is 2.10. The van der Waals surface area contributed by atoms with Gasteiger partial charge in [0.25, 0.3) is 0 Å². The summed E-state index contributed by atoms with van der Waals surface area (Å²) in [7, 11) is 2.33. The molecule has 0 radical (unpaired) electrons. The number of rotatable bonds is 4. The first kappa shape index (κ1) is 15.4. The van der Waals surface area contributed by atoms with Crippen LogP contribution in [0.25, 0.3) is 0 Å². The molecule has 1 aliphatic carbocycles. The topological polar surface area (TPSA) is 29.3 Å². The van der Waals surface area contributed by atoms with Crippen molar-refractivity contribution in [1.29, 1.82) is 0 Å². The van der Waals surface area contributed by atoms with Gasteiger partial charge in [0.05, 0.1) is 0 Å². The van der Waals surface area contributed by atoms with Crippen molar-refractivity contribution in [3.05, 3.63) is 35.9 Å². The highest BCUT2D eigenvalue weighted by Crippen LogP contribution is 2.42. The third-order valence-electron chi connectivity index (χ3n) is 5.77. The first-order valence-corrected chi connectivity index (χ1v) is 9.46. The molecule has 21 heavy (non-hydrogen) atoms. The van der Waals surface area contributed by atoms with E-state index < -0.39 is 0 Å². The van der Waals surface area contributed by atoms with Gasteiger partial charge in [0.2, 0.25) is 0 Å². The number of hydrogen-bond acceptors (Lipinski definition) is 3. The van der Waals surface area contributed by atoms with Crippen LogP contribution in [0.15, 0.2) is 30.3 Å². The fourth-order valence-electron chi connectivity index (χ4n) is 4.13. The Hall–Kier alpha value is -0.510. The van der Waals surface area contributed by atoms with E-state index in [0.29, 0.717) is 0 Å². The minimum atomic E-state index is 0.251. The molecule has 3 rings (SSSR count). The minimum Gasteiger partial charge on any atom is -0.329 e. The predicted octanol–water partition coefficient (Wildman–Crippen LogP) is 3.48. The molecule has 2 N–H and O–H groups in total. The lowest BCUT2D eigenvalue weighted by Crippen LogP contribution is -2.57. The Morgan fingerprint density at radius 3 is 2.48 bits per heavy atom. The molecule has 0 spiro atoms. The van der Waals surface area contributed by atoms with Crippen LogP contribution in [0.4, 0.5) is 0 Å². The highest BCUT2D eigenvalue weighted by Gasteiger charge is 2.41. The van der Waals surface area contributed by atoms with Crippen LogP contribution in [0.1, 0.15) is 43.6 Å². The summed E-state index contributed by atoms with van der Waals surface area (Å²) in [6, 6.07) is 11.8. The number of thioether (sulfide) groups is 1. The van der Waals surface area contributed by atoms with Crippen LogP contribution in [-0.4, -0.2) is 41.6 Å². The van der Waals surface area contributed by atoms with Gasteiger partial charge in [-0.1, -0.05) is 30.3 Å². The van der Waals surface area contributed by atoms with Crippen LogP contribution in [-0.2, 0) is 0 Å². The summed E-state index contributed by atoms with van der Waals surface area (Å²) in [4.78, 5) is 2.65. The van der Waals surface area contributed by atoms with Crippen LogP contribution >= 0.6 is 11.8 Å². The molecule has 1 aromatic rings. The highest BCUT2D eigenvalue weighted by molar-refractivity contribution is 7.99. The molecule has 1 unspecified atom stereocenters. The second-order valence-electron chi connectivity index (χ2n) is 6.74. The fraction of sp³-hybridized carbons (Fsp3) is 0.667. The minimum absolute atomic E-state index is 0.251. The standard InChI is InChI=1S/C18H28N2S/c1-20(17-9-12-21-13-17)18(14-19)10-7-16(8-11-18)15-5-3-2-4-6-15/h2-6,16-17H,7-14,19H2,1H3. The van der Waals surface area contributed by atoms with Crippen molar-refractivity contribution in [1.82, 2.24) is 4.90 Å². The highest BCUT2D eigenvalue weighted by atomic mass is 32.2. The van der Waals surface area contributed by atoms with Gasteiger partial charge in [-0.25, -0.2) is 0 Å². The molecule has 1 aliphatic heterocycles. The lowest BCUT2D eigenvalue weighted by molar-refractivity contribution is 0.0470. The van der Waals surface area contributed by atoms with E-state index in [1.54, 1.807) is 0 Å². The van der Waals surface area contributed by atoms with Gasteiger partial charge in [-0.15, -0.1) is 0 Å². The van der Waals surface area contributed by atoms with E-state index in [-0.39, 0.29) is 5.54 Å². The molecule has 0 aromatic heterocycles. The number of nitrogens with two attached hydrogens (primary N) is 1. The van der Waals surface area contributed by atoms with E-state index in [1.165, 1.54) is 49.2 Å². The lowest BCUT2D eigenvalue weighted by atomic mass is 9.73. The van der Waals surface area contributed by atoms with Gasteiger partial charge in [-0.2, -0.15) is 11.8 Å². The maximum absolute atomic E-state index is 6.24. The number of hydrogen-bond donors (Lipinski definition) is 1. The van der Waals surface area contributed by atoms with Gasteiger partial charge in [0, 0.05) is 23.9 Å². The van der Waals surface area contributed by atoms with Gasteiger partial charge >= 0.3 is 0 Å². The monoisotopic (exact) mass is 304 g/mol. The van der Waals surface area contributed by atoms with Crippen molar-refractivity contribution in [3.8, 4) is 0 Å². The Morgan fingerprint density at radius 1 is 1.19 bits per heavy atom. The molecule has 1 atom stereocenters. The third kappa shape index (κ3) is 3.15. The Balaban J connectivity index is 1.66. The van der Waals surface area contributed by atoms with E-state index in [9.17, 15) is 0 Å². The molecule has 1 saturated carbocycles.